The summed E-state index contributed by atoms with van der Waals surface area (Å²) in [6, 6.07) is 6.17. The van der Waals surface area contributed by atoms with Gasteiger partial charge in [0, 0.05) is 37.9 Å². The summed E-state index contributed by atoms with van der Waals surface area (Å²) >= 11 is 0. The maximum atomic E-state index is 5.52. The fourth-order valence-electron chi connectivity index (χ4n) is 3.73. The van der Waals surface area contributed by atoms with E-state index in [0.717, 1.165) is 38.3 Å². The quantitative estimate of drug-likeness (QED) is 0.641. The molecule has 2 N–H and O–H groups in total. The van der Waals surface area contributed by atoms with Gasteiger partial charge in [-0.15, -0.1) is 0 Å². The highest BCUT2D eigenvalue weighted by Gasteiger charge is 2.31. The van der Waals surface area contributed by atoms with E-state index >= 15 is 0 Å². The number of rotatable bonds is 10. The first-order valence-corrected chi connectivity index (χ1v) is 9.68. The van der Waals surface area contributed by atoms with Gasteiger partial charge in [0.1, 0.15) is 0 Å². The van der Waals surface area contributed by atoms with Crippen LogP contribution in [0.3, 0.4) is 0 Å². The Morgan fingerprint density at radius 3 is 2.50 bits per heavy atom. The summed E-state index contributed by atoms with van der Waals surface area (Å²) in [5.74, 6) is 2.39. The van der Waals surface area contributed by atoms with Gasteiger partial charge in [-0.2, -0.15) is 5.10 Å². The molecule has 0 aliphatic carbocycles. The van der Waals surface area contributed by atoms with Gasteiger partial charge in [0.15, 0.2) is 11.5 Å². The smallest absolute Gasteiger partial charge is 0.203 e. The summed E-state index contributed by atoms with van der Waals surface area (Å²) in [5.41, 5.74) is 7.85. The highest BCUT2D eigenvalue weighted by Crippen LogP contribution is 2.41. The summed E-state index contributed by atoms with van der Waals surface area (Å²) in [4.78, 5) is 2.46. The van der Waals surface area contributed by atoms with Crippen LogP contribution in [0.15, 0.2) is 30.6 Å². The van der Waals surface area contributed by atoms with E-state index in [1.54, 1.807) is 21.3 Å². The first-order chi connectivity index (χ1) is 13.7. The van der Waals surface area contributed by atoms with Gasteiger partial charge in [-0.25, -0.2) is 5.43 Å². The van der Waals surface area contributed by atoms with E-state index in [-0.39, 0.29) is 6.04 Å². The van der Waals surface area contributed by atoms with Crippen LogP contribution in [-0.4, -0.2) is 62.2 Å². The van der Waals surface area contributed by atoms with Crippen molar-refractivity contribution in [2.24, 2.45) is 5.92 Å². The van der Waals surface area contributed by atoms with Crippen LogP contribution in [0.25, 0.3) is 0 Å². The van der Waals surface area contributed by atoms with Crippen LogP contribution in [0.4, 0.5) is 0 Å². The molecule has 2 atom stereocenters. The third-order valence-electron chi connectivity index (χ3n) is 5.28. The number of aromatic nitrogens is 2. The second kappa shape index (κ2) is 9.77. The van der Waals surface area contributed by atoms with Crippen molar-refractivity contribution < 1.29 is 14.2 Å². The minimum Gasteiger partial charge on any atom is -0.493 e. The van der Waals surface area contributed by atoms with E-state index in [9.17, 15) is 0 Å². The topological polar surface area (TPSA) is 72.8 Å². The number of nitrogens with zero attached hydrogens (tertiary/aromatic N) is 3. The summed E-state index contributed by atoms with van der Waals surface area (Å²) in [6.07, 6.45) is 3.83. The molecule has 1 saturated heterocycles. The standard InChI is InChI=1S/C20H31N5O3/c1-5-24(9-10-25-8-6-7-22-25)14-16-13-21-23-19(16)15-11-17(26-2)20(28-4)18(12-15)27-3/h6-8,11-12,16,19,21,23H,5,9-10,13-14H2,1-4H3. The Bertz CT molecular complexity index is 712. The van der Waals surface area contributed by atoms with Gasteiger partial charge in [-0.05, 0) is 30.3 Å². The van der Waals surface area contributed by atoms with Crippen LogP contribution in [0.1, 0.15) is 18.5 Å². The fourth-order valence-corrected chi connectivity index (χ4v) is 3.73. The number of methoxy groups -OCH3 is 3. The highest BCUT2D eigenvalue weighted by molar-refractivity contribution is 5.54. The molecule has 0 spiro atoms. The maximum absolute atomic E-state index is 5.52. The minimum absolute atomic E-state index is 0.160. The molecular formula is C20H31N5O3. The van der Waals surface area contributed by atoms with Gasteiger partial charge < -0.3 is 19.1 Å². The fraction of sp³-hybridized carbons (Fsp3) is 0.550. The average Bonchev–Trinajstić information content (AvgIpc) is 3.41. The number of hydrazine groups is 1. The summed E-state index contributed by atoms with van der Waals surface area (Å²) in [5, 5.41) is 4.30. The van der Waals surface area contributed by atoms with Crippen LogP contribution in [0, 0.1) is 5.92 Å². The predicted molar refractivity (Wildman–Crippen MR) is 108 cm³/mol. The molecule has 0 bridgehead atoms. The molecule has 154 valence electrons. The zero-order valence-corrected chi connectivity index (χ0v) is 17.1. The third-order valence-corrected chi connectivity index (χ3v) is 5.28. The molecule has 1 aromatic heterocycles. The van der Waals surface area contributed by atoms with Gasteiger partial charge in [0.2, 0.25) is 5.75 Å². The number of hydrogen-bond acceptors (Lipinski definition) is 7. The van der Waals surface area contributed by atoms with Gasteiger partial charge in [-0.1, -0.05) is 6.92 Å². The van der Waals surface area contributed by atoms with Gasteiger partial charge in [0.05, 0.1) is 33.9 Å². The van der Waals surface area contributed by atoms with E-state index in [1.165, 1.54) is 0 Å². The molecule has 8 heteroatoms. The zero-order valence-electron chi connectivity index (χ0n) is 17.1. The summed E-state index contributed by atoms with van der Waals surface area (Å²) in [7, 11) is 4.91. The summed E-state index contributed by atoms with van der Waals surface area (Å²) in [6.45, 7) is 6.95. The van der Waals surface area contributed by atoms with Gasteiger partial charge >= 0.3 is 0 Å². The molecule has 8 nitrogen and oxygen atoms in total. The van der Waals surface area contributed by atoms with Crippen molar-refractivity contribution in [1.82, 2.24) is 25.5 Å². The van der Waals surface area contributed by atoms with E-state index in [2.05, 4.69) is 27.8 Å². The SMILES string of the molecule is CCN(CCn1cccn1)CC1CNNC1c1cc(OC)c(OC)c(OC)c1. The average molecular weight is 390 g/mol. The Hall–Kier alpha value is -2.29. The number of ether oxygens (including phenoxy) is 3. The predicted octanol–water partition coefficient (Wildman–Crippen LogP) is 1.70. The lowest BCUT2D eigenvalue weighted by molar-refractivity contribution is 0.224. The Morgan fingerprint density at radius 2 is 1.93 bits per heavy atom. The monoisotopic (exact) mass is 389 g/mol. The van der Waals surface area contributed by atoms with Crippen molar-refractivity contribution in [1.29, 1.82) is 0 Å². The summed E-state index contributed by atoms with van der Waals surface area (Å²) < 4.78 is 18.5. The van der Waals surface area contributed by atoms with Crippen LogP contribution >= 0.6 is 0 Å². The molecule has 3 rings (SSSR count). The molecule has 1 aliphatic rings. The Morgan fingerprint density at radius 1 is 1.18 bits per heavy atom. The molecule has 1 aromatic carbocycles. The normalized spacial score (nSPS) is 19.2. The number of likely N-dealkylation sites (N-methyl/N-ethyl adjacent to an activating group) is 1. The largest absolute Gasteiger partial charge is 0.493 e. The minimum atomic E-state index is 0.160. The van der Waals surface area contributed by atoms with Crippen LogP contribution in [0.5, 0.6) is 17.2 Å². The third kappa shape index (κ3) is 4.57. The van der Waals surface area contributed by atoms with Crippen molar-refractivity contribution in [2.45, 2.75) is 19.5 Å². The Kier molecular flexibility index (Phi) is 7.13. The second-order valence-electron chi connectivity index (χ2n) is 6.88. The van der Waals surface area contributed by atoms with Gasteiger partial charge in [0.25, 0.3) is 0 Å². The van der Waals surface area contributed by atoms with Crippen molar-refractivity contribution >= 4 is 0 Å². The lowest BCUT2D eigenvalue weighted by Crippen LogP contribution is -2.35. The molecule has 0 radical (unpaired) electrons. The molecule has 1 aliphatic heterocycles. The molecule has 28 heavy (non-hydrogen) atoms. The molecule has 1 fully saturated rings. The van der Waals surface area contributed by atoms with Gasteiger partial charge in [-0.3, -0.25) is 10.1 Å². The lowest BCUT2D eigenvalue weighted by Gasteiger charge is -2.27. The second-order valence-corrected chi connectivity index (χ2v) is 6.88. The Labute approximate surface area is 166 Å². The van der Waals surface area contributed by atoms with Crippen molar-refractivity contribution in [3.05, 3.63) is 36.2 Å². The molecular weight excluding hydrogens is 358 g/mol. The molecule has 0 amide bonds. The van der Waals surface area contributed by atoms with Crippen molar-refractivity contribution in [3.63, 3.8) is 0 Å². The first kappa shape index (κ1) is 20.4. The van der Waals surface area contributed by atoms with E-state index in [1.807, 2.05) is 35.3 Å². The van der Waals surface area contributed by atoms with Crippen LogP contribution in [-0.2, 0) is 6.54 Å². The molecule has 0 saturated carbocycles. The number of nitrogens with one attached hydrogen (secondary N) is 2. The first-order valence-electron chi connectivity index (χ1n) is 9.68. The van der Waals surface area contributed by atoms with Crippen molar-refractivity contribution in [2.75, 3.05) is 47.5 Å². The number of hydrogen-bond donors (Lipinski definition) is 2. The lowest BCUT2D eigenvalue weighted by atomic mass is 9.93. The molecule has 2 heterocycles. The zero-order chi connectivity index (χ0) is 19.9. The van der Waals surface area contributed by atoms with Crippen LogP contribution in [0.2, 0.25) is 0 Å². The Balaban J connectivity index is 1.72. The highest BCUT2D eigenvalue weighted by atomic mass is 16.5. The van der Waals surface area contributed by atoms with E-state index in [0.29, 0.717) is 23.2 Å². The van der Waals surface area contributed by atoms with Crippen LogP contribution < -0.4 is 25.1 Å². The molecule has 2 unspecified atom stereocenters. The molecule has 2 aromatic rings. The van der Waals surface area contributed by atoms with E-state index in [4.69, 9.17) is 14.2 Å². The number of benzene rings is 1. The van der Waals surface area contributed by atoms with E-state index < -0.39 is 0 Å². The van der Waals surface area contributed by atoms with Crippen molar-refractivity contribution in [3.8, 4) is 17.2 Å². The maximum Gasteiger partial charge on any atom is 0.203 e.